The first-order valence-corrected chi connectivity index (χ1v) is 5.50. The van der Waals surface area contributed by atoms with Crippen molar-refractivity contribution in [3.63, 3.8) is 0 Å². The molecule has 4 nitrogen and oxygen atoms in total. The number of pyridine rings is 1. The van der Waals surface area contributed by atoms with Gasteiger partial charge in [-0.2, -0.15) is 4.39 Å². The highest BCUT2D eigenvalue weighted by atomic mass is 19.1. The largest absolute Gasteiger partial charge is 0.331 e. The molecular weight excluding hydrogens is 233 g/mol. The number of aryl methyl sites for hydroxylation is 1. The van der Waals surface area contributed by atoms with E-state index in [0.717, 1.165) is 11.0 Å². The van der Waals surface area contributed by atoms with E-state index >= 15 is 0 Å². The number of hydrogen-bond acceptors (Lipinski definition) is 2. The molecule has 0 atom stereocenters. The van der Waals surface area contributed by atoms with Crippen LogP contribution in [0.2, 0.25) is 0 Å². The summed E-state index contributed by atoms with van der Waals surface area (Å²) in [6.07, 6.45) is 0. The fraction of sp³-hybridized carbons (Fsp3) is 0.0769. The third-order valence-corrected chi connectivity index (χ3v) is 2.85. The van der Waals surface area contributed by atoms with Gasteiger partial charge in [0.2, 0.25) is 5.95 Å². The number of fused-ring (bicyclic) bond motifs is 1. The molecule has 0 amide bonds. The first-order valence-electron chi connectivity index (χ1n) is 5.50. The summed E-state index contributed by atoms with van der Waals surface area (Å²) in [5.74, 6) is -0.552. The van der Waals surface area contributed by atoms with Gasteiger partial charge < -0.3 is 4.98 Å². The molecule has 0 unspecified atom stereocenters. The molecule has 3 rings (SSSR count). The highest BCUT2D eigenvalue weighted by Gasteiger charge is 2.11. The maximum Gasteiger partial charge on any atom is 0.331 e. The van der Waals surface area contributed by atoms with Crippen LogP contribution >= 0.6 is 0 Å². The predicted octanol–water partition coefficient (Wildman–Crippen LogP) is 2.16. The Morgan fingerprint density at radius 2 is 2.00 bits per heavy atom. The Labute approximate surface area is 102 Å². The number of hydrogen-bond donors (Lipinski definition) is 1. The number of imidazole rings is 1. The third-order valence-electron chi connectivity index (χ3n) is 2.85. The molecular formula is C13H10FN3O. The Hall–Kier alpha value is -2.43. The van der Waals surface area contributed by atoms with Crippen LogP contribution in [-0.2, 0) is 0 Å². The second-order valence-electron chi connectivity index (χ2n) is 4.02. The van der Waals surface area contributed by atoms with Crippen LogP contribution < -0.4 is 5.69 Å². The molecule has 0 saturated carbocycles. The predicted molar refractivity (Wildman–Crippen MR) is 66.4 cm³/mol. The fourth-order valence-electron chi connectivity index (χ4n) is 2.05. The average Bonchev–Trinajstić information content (AvgIpc) is 2.66. The Bertz CT molecular complexity index is 788. The number of para-hydroxylation sites is 2. The van der Waals surface area contributed by atoms with Crippen LogP contribution in [0.4, 0.5) is 4.39 Å². The lowest BCUT2D eigenvalue weighted by molar-refractivity contribution is 0.579. The van der Waals surface area contributed by atoms with E-state index in [1.165, 1.54) is 10.6 Å². The fourth-order valence-corrected chi connectivity index (χ4v) is 2.05. The van der Waals surface area contributed by atoms with Gasteiger partial charge in [-0.25, -0.2) is 9.78 Å². The molecule has 0 aliphatic rings. The smallest absolute Gasteiger partial charge is 0.305 e. The molecule has 18 heavy (non-hydrogen) atoms. The second-order valence-corrected chi connectivity index (χ2v) is 4.02. The van der Waals surface area contributed by atoms with Gasteiger partial charge in [-0.05, 0) is 31.2 Å². The van der Waals surface area contributed by atoms with Crippen molar-refractivity contribution >= 4 is 11.0 Å². The lowest BCUT2D eigenvalue weighted by Gasteiger charge is -2.06. The molecule has 2 heterocycles. The summed E-state index contributed by atoms with van der Waals surface area (Å²) in [6, 6.07) is 10.1. The number of rotatable bonds is 1. The highest BCUT2D eigenvalue weighted by molar-refractivity contribution is 5.77. The monoisotopic (exact) mass is 243 g/mol. The van der Waals surface area contributed by atoms with E-state index < -0.39 is 5.95 Å². The molecule has 2 aromatic heterocycles. The summed E-state index contributed by atoms with van der Waals surface area (Å²) in [7, 11) is 0. The Balaban J connectivity index is 2.38. The van der Waals surface area contributed by atoms with Crippen molar-refractivity contribution in [3.05, 3.63) is 58.5 Å². The van der Waals surface area contributed by atoms with Crippen LogP contribution in [-0.4, -0.2) is 14.5 Å². The standard InChI is InChI=1S/C13H10FN3O/c1-8-10(6-7-12(14)15-8)17-11-5-3-2-4-9(11)16-13(17)18/h2-7H,1H3,(H,16,18). The van der Waals surface area contributed by atoms with Gasteiger partial charge >= 0.3 is 5.69 Å². The molecule has 0 radical (unpaired) electrons. The number of nitrogens with zero attached hydrogens (tertiary/aromatic N) is 2. The topological polar surface area (TPSA) is 50.7 Å². The van der Waals surface area contributed by atoms with Gasteiger partial charge in [0.05, 0.1) is 22.4 Å². The van der Waals surface area contributed by atoms with Crippen molar-refractivity contribution in [2.24, 2.45) is 0 Å². The van der Waals surface area contributed by atoms with E-state index in [9.17, 15) is 9.18 Å². The van der Waals surface area contributed by atoms with Gasteiger partial charge in [0.1, 0.15) is 0 Å². The lowest BCUT2D eigenvalue weighted by Crippen LogP contribution is -2.16. The normalized spacial score (nSPS) is 11.0. The lowest BCUT2D eigenvalue weighted by atomic mass is 10.2. The SMILES string of the molecule is Cc1nc(F)ccc1-n1c(=O)[nH]c2ccccc21. The van der Waals surface area contributed by atoms with Crippen LogP contribution in [0, 0.1) is 12.9 Å². The zero-order valence-electron chi connectivity index (χ0n) is 9.64. The van der Waals surface area contributed by atoms with Crippen molar-refractivity contribution < 1.29 is 4.39 Å². The van der Waals surface area contributed by atoms with E-state index in [1.54, 1.807) is 13.0 Å². The average molecular weight is 243 g/mol. The molecule has 0 aliphatic carbocycles. The zero-order valence-corrected chi connectivity index (χ0v) is 9.64. The Morgan fingerprint density at radius 1 is 1.22 bits per heavy atom. The molecule has 0 aliphatic heterocycles. The van der Waals surface area contributed by atoms with E-state index in [4.69, 9.17) is 0 Å². The van der Waals surface area contributed by atoms with Crippen molar-refractivity contribution in [1.82, 2.24) is 14.5 Å². The van der Waals surface area contributed by atoms with Crippen molar-refractivity contribution in [2.45, 2.75) is 6.92 Å². The Kier molecular flexibility index (Phi) is 2.26. The van der Waals surface area contributed by atoms with Gasteiger partial charge in [-0.15, -0.1) is 0 Å². The first kappa shape index (κ1) is 10.7. The molecule has 0 fully saturated rings. The van der Waals surface area contributed by atoms with Crippen molar-refractivity contribution in [2.75, 3.05) is 0 Å². The number of nitrogens with one attached hydrogen (secondary N) is 1. The van der Waals surface area contributed by atoms with E-state index in [-0.39, 0.29) is 5.69 Å². The molecule has 1 aromatic carbocycles. The summed E-state index contributed by atoms with van der Waals surface area (Å²) in [6.45, 7) is 1.67. The van der Waals surface area contributed by atoms with Crippen molar-refractivity contribution in [1.29, 1.82) is 0 Å². The molecule has 3 aromatic rings. The highest BCUT2D eigenvalue weighted by Crippen LogP contribution is 2.17. The van der Waals surface area contributed by atoms with Crippen molar-refractivity contribution in [3.8, 4) is 5.69 Å². The number of aromatic amines is 1. The Morgan fingerprint density at radius 3 is 2.78 bits per heavy atom. The minimum absolute atomic E-state index is 0.257. The maximum absolute atomic E-state index is 13.0. The summed E-state index contributed by atoms with van der Waals surface area (Å²) < 4.78 is 14.5. The van der Waals surface area contributed by atoms with Gasteiger partial charge in [-0.1, -0.05) is 12.1 Å². The van der Waals surface area contributed by atoms with E-state index in [1.807, 2.05) is 24.3 Å². The van der Waals surface area contributed by atoms with Crippen LogP contribution in [0.15, 0.2) is 41.2 Å². The minimum Gasteiger partial charge on any atom is -0.305 e. The number of halogens is 1. The number of aromatic nitrogens is 3. The summed E-state index contributed by atoms with van der Waals surface area (Å²) in [5, 5.41) is 0. The number of H-pyrrole nitrogens is 1. The minimum atomic E-state index is -0.552. The van der Waals surface area contributed by atoms with Gasteiger partial charge in [0.25, 0.3) is 0 Å². The van der Waals surface area contributed by atoms with E-state index in [0.29, 0.717) is 11.4 Å². The van der Waals surface area contributed by atoms with Gasteiger partial charge in [0.15, 0.2) is 0 Å². The summed E-state index contributed by atoms with van der Waals surface area (Å²) in [5.41, 5.74) is 2.29. The van der Waals surface area contributed by atoms with Crippen LogP contribution in [0.25, 0.3) is 16.7 Å². The quantitative estimate of drug-likeness (QED) is 0.666. The molecule has 0 spiro atoms. The van der Waals surface area contributed by atoms with Gasteiger partial charge in [-0.3, -0.25) is 4.57 Å². The van der Waals surface area contributed by atoms with Crippen LogP contribution in [0.3, 0.4) is 0 Å². The summed E-state index contributed by atoms with van der Waals surface area (Å²) in [4.78, 5) is 18.5. The molecule has 0 bridgehead atoms. The molecule has 1 N–H and O–H groups in total. The number of benzene rings is 1. The molecule has 5 heteroatoms. The molecule has 0 saturated heterocycles. The first-order chi connectivity index (χ1) is 8.66. The maximum atomic E-state index is 13.0. The summed E-state index contributed by atoms with van der Waals surface area (Å²) >= 11 is 0. The third kappa shape index (κ3) is 1.52. The van der Waals surface area contributed by atoms with E-state index in [2.05, 4.69) is 9.97 Å². The second kappa shape index (κ2) is 3.80. The van der Waals surface area contributed by atoms with Crippen LogP contribution in [0.5, 0.6) is 0 Å². The molecule has 90 valence electrons. The van der Waals surface area contributed by atoms with Crippen LogP contribution in [0.1, 0.15) is 5.69 Å². The van der Waals surface area contributed by atoms with Gasteiger partial charge in [0, 0.05) is 0 Å². The zero-order chi connectivity index (χ0) is 12.7.